The first kappa shape index (κ1) is 12.6. The van der Waals surface area contributed by atoms with Crippen LogP contribution < -0.4 is 10.6 Å². The lowest BCUT2D eigenvalue weighted by atomic mass is 10.2. The standard InChI is InChI=1S/C15H20N2O2/c18-15(14-2-1-9-19-14)17-13-5-3-11(4-6-13)10-16-12-7-8-12/h3-6,12,14,16H,1-2,7-10H2,(H,17,18). The summed E-state index contributed by atoms with van der Waals surface area (Å²) in [5.74, 6) is -0.0265. The number of ether oxygens (including phenoxy) is 1. The Morgan fingerprint density at radius 3 is 2.63 bits per heavy atom. The lowest BCUT2D eigenvalue weighted by molar-refractivity contribution is -0.124. The average Bonchev–Trinajstić information content (AvgIpc) is 3.09. The van der Waals surface area contributed by atoms with Gasteiger partial charge in [-0.2, -0.15) is 0 Å². The molecule has 2 N–H and O–H groups in total. The van der Waals surface area contributed by atoms with Gasteiger partial charge in [-0.15, -0.1) is 0 Å². The minimum atomic E-state index is -0.267. The van der Waals surface area contributed by atoms with Crippen LogP contribution in [0.4, 0.5) is 5.69 Å². The van der Waals surface area contributed by atoms with Crippen LogP contribution in [0.5, 0.6) is 0 Å². The number of hydrogen-bond acceptors (Lipinski definition) is 3. The minimum Gasteiger partial charge on any atom is -0.368 e. The van der Waals surface area contributed by atoms with Gasteiger partial charge in [-0.3, -0.25) is 4.79 Å². The Hall–Kier alpha value is -1.39. The van der Waals surface area contributed by atoms with E-state index in [0.29, 0.717) is 6.61 Å². The molecule has 1 atom stereocenters. The van der Waals surface area contributed by atoms with E-state index in [2.05, 4.69) is 22.8 Å². The second-order valence-corrected chi connectivity index (χ2v) is 5.34. The van der Waals surface area contributed by atoms with Crippen molar-refractivity contribution in [2.45, 2.75) is 44.4 Å². The summed E-state index contributed by atoms with van der Waals surface area (Å²) in [4.78, 5) is 11.9. The van der Waals surface area contributed by atoms with E-state index < -0.39 is 0 Å². The predicted molar refractivity (Wildman–Crippen MR) is 73.9 cm³/mol. The van der Waals surface area contributed by atoms with Crippen LogP contribution in [0.15, 0.2) is 24.3 Å². The van der Waals surface area contributed by atoms with Crippen molar-refractivity contribution in [2.24, 2.45) is 0 Å². The van der Waals surface area contributed by atoms with Gasteiger partial charge < -0.3 is 15.4 Å². The van der Waals surface area contributed by atoms with E-state index in [4.69, 9.17) is 4.74 Å². The molecule has 1 amide bonds. The quantitative estimate of drug-likeness (QED) is 0.852. The molecule has 0 radical (unpaired) electrons. The highest BCUT2D eigenvalue weighted by Gasteiger charge is 2.23. The maximum Gasteiger partial charge on any atom is 0.253 e. The second kappa shape index (κ2) is 5.72. The number of nitrogens with one attached hydrogen (secondary N) is 2. The van der Waals surface area contributed by atoms with E-state index in [1.807, 2.05) is 12.1 Å². The average molecular weight is 260 g/mol. The predicted octanol–water partition coefficient (Wildman–Crippen LogP) is 2.06. The first-order valence-corrected chi connectivity index (χ1v) is 7.06. The maximum absolute atomic E-state index is 11.9. The van der Waals surface area contributed by atoms with Gasteiger partial charge in [0, 0.05) is 24.9 Å². The molecule has 0 spiro atoms. The van der Waals surface area contributed by atoms with E-state index in [9.17, 15) is 4.79 Å². The number of hydrogen-bond donors (Lipinski definition) is 2. The lowest BCUT2D eigenvalue weighted by Gasteiger charge is -2.11. The normalized spacial score (nSPS) is 22.4. The third-order valence-electron chi connectivity index (χ3n) is 3.62. The second-order valence-electron chi connectivity index (χ2n) is 5.34. The molecule has 1 heterocycles. The van der Waals surface area contributed by atoms with Crippen molar-refractivity contribution in [3.8, 4) is 0 Å². The van der Waals surface area contributed by atoms with E-state index in [0.717, 1.165) is 31.1 Å². The molecule has 1 saturated carbocycles. The van der Waals surface area contributed by atoms with Gasteiger partial charge in [0.15, 0.2) is 0 Å². The minimum absolute atomic E-state index is 0.0265. The van der Waals surface area contributed by atoms with E-state index in [1.165, 1.54) is 18.4 Å². The van der Waals surface area contributed by atoms with Crippen molar-refractivity contribution in [2.75, 3.05) is 11.9 Å². The smallest absolute Gasteiger partial charge is 0.253 e. The van der Waals surface area contributed by atoms with Crippen molar-refractivity contribution < 1.29 is 9.53 Å². The van der Waals surface area contributed by atoms with Gasteiger partial charge in [0.1, 0.15) is 6.10 Å². The van der Waals surface area contributed by atoms with Crippen LogP contribution in [0.2, 0.25) is 0 Å². The zero-order chi connectivity index (χ0) is 13.1. The van der Waals surface area contributed by atoms with Gasteiger partial charge >= 0.3 is 0 Å². The third kappa shape index (κ3) is 3.55. The van der Waals surface area contributed by atoms with Crippen LogP contribution in [0, 0.1) is 0 Å². The fourth-order valence-electron chi connectivity index (χ4n) is 2.26. The highest BCUT2D eigenvalue weighted by molar-refractivity contribution is 5.94. The van der Waals surface area contributed by atoms with E-state index >= 15 is 0 Å². The zero-order valence-corrected chi connectivity index (χ0v) is 11.0. The van der Waals surface area contributed by atoms with Gasteiger partial charge in [-0.25, -0.2) is 0 Å². The molecule has 0 aromatic heterocycles. The zero-order valence-electron chi connectivity index (χ0n) is 11.0. The van der Waals surface area contributed by atoms with Crippen LogP contribution in [0.25, 0.3) is 0 Å². The summed E-state index contributed by atoms with van der Waals surface area (Å²) in [6, 6.07) is 8.74. The summed E-state index contributed by atoms with van der Waals surface area (Å²) in [5.41, 5.74) is 2.10. The Bertz CT molecular complexity index is 434. The Balaban J connectivity index is 1.51. The van der Waals surface area contributed by atoms with E-state index in [1.54, 1.807) is 0 Å². The molecule has 1 aromatic carbocycles. The molecule has 1 saturated heterocycles. The van der Waals surface area contributed by atoms with Crippen LogP contribution in [0.1, 0.15) is 31.2 Å². The molecule has 3 rings (SSSR count). The third-order valence-corrected chi connectivity index (χ3v) is 3.62. The molecule has 102 valence electrons. The number of carbonyl (C=O) groups excluding carboxylic acids is 1. The fraction of sp³-hybridized carbons (Fsp3) is 0.533. The van der Waals surface area contributed by atoms with Gasteiger partial charge in [0.05, 0.1) is 0 Å². The largest absolute Gasteiger partial charge is 0.368 e. The van der Waals surface area contributed by atoms with E-state index in [-0.39, 0.29) is 12.0 Å². The highest BCUT2D eigenvalue weighted by Crippen LogP contribution is 2.20. The Kier molecular flexibility index (Phi) is 3.80. The monoisotopic (exact) mass is 260 g/mol. The molecule has 1 aliphatic carbocycles. The number of rotatable bonds is 5. The molecule has 4 heteroatoms. The van der Waals surface area contributed by atoms with Crippen LogP contribution in [-0.4, -0.2) is 24.7 Å². The molecular weight excluding hydrogens is 240 g/mol. The Labute approximate surface area is 113 Å². The number of carbonyl (C=O) groups is 1. The molecule has 19 heavy (non-hydrogen) atoms. The van der Waals surface area contributed by atoms with Gasteiger partial charge in [0.2, 0.25) is 0 Å². The van der Waals surface area contributed by atoms with Crippen molar-refractivity contribution in [3.63, 3.8) is 0 Å². The summed E-state index contributed by atoms with van der Waals surface area (Å²) >= 11 is 0. The van der Waals surface area contributed by atoms with Crippen molar-refractivity contribution in [1.82, 2.24) is 5.32 Å². The lowest BCUT2D eigenvalue weighted by Crippen LogP contribution is -2.26. The van der Waals surface area contributed by atoms with Crippen LogP contribution >= 0.6 is 0 Å². The number of anilines is 1. The first-order valence-electron chi connectivity index (χ1n) is 7.06. The SMILES string of the molecule is O=C(Nc1ccc(CNC2CC2)cc1)C1CCCO1. The molecule has 1 aromatic rings. The summed E-state index contributed by atoms with van der Waals surface area (Å²) in [6.45, 7) is 1.61. The summed E-state index contributed by atoms with van der Waals surface area (Å²) in [6.07, 6.45) is 4.14. The van der Waals surface area contributed by atoms with Crippen molar-refractivity contribution in [1.29, 1.82) is 0 Å². The molecule has 4 nitrogen and oxygen atoms in total. The molecular formula is C15H20N2O2. The molecule has 1 unspecified atom stereocenters. The molecule has 2 aliphatic rings. The molecule has 0 bridgehead atoms. The number of benzene rings is 1. The summed E-state index contributed by atoms with van der Waals surface area (Å²) in [5, 5.41) is 6.37. The first-order chi connectivity index (χ1) is 9.31. The Morgan fingerprint density at radius 1 is 1.21 bits per heavy atom. The molecule has 1 aliphatic heterocycles. The van der Waals surface area contributed by atoms with Gasteiger partial charge in [-0.05, 0) is 43.4 Å². The van der Waals surface area contributed by atoms with Gasteiger partial charge in [0.25, 0.3) is 5.91 Å². The Morgan fingerprint density at radius 2 is 2.00 bits per heavy atom. The molecule has 2 fully saturated rings. The maximum atomic E-state index is 11.9. The van der Waals surface area contributed by atoms with Gasteiger partial charge in [-0.1, -0.05) is 12.1 Å². The summed E-state index contributed by atoms with van der Waals surface area (Å²) in [7, 11) is 0. The van der Waals surface area contributed by atoms with Crippen LogP contribution in [0.3, 0.4) is 0 Å². The fourth-order valence-corrected chi connectivity index (χ4v) is 2.26. The highest BCUT2D eigenvalue weighted by atomic mass is 16.5. The summed E-state index contributed by atoms with van der Waals surface area (Å²) < 4.78 is 5.36. The van der Waals surface area contributed by atoms with Crippen molar-refractivity contribution in [3.05, 3.63) is 29.8 Å². The number of amides is 1. The van der Waals surface area contributed by atoms with Crippen molar-refractivity contribution >= 4 is 11.6 Å². The topological polar surface area (TPSA) is 50.4 Å². The van der Waals surface area contributed by atoms with Crippen LogP contribution in [-0.2, 0) is 16.1 Å².